The molecule has 1 aromatic rings. The maximum atomic E-state index is 9.61. The summed E-state index contributed by atoms with van der Waals surface area (Å²) in [5.41, 5.74) is -0.697. The number of benzene rings is 1. The fraction of sp³-hybridized carbons (Fsp3) is 0.455. The van der Waals surface area contributed by atoms with Crippen LogP contribution in [0, 0.1) is 0 Å². The lowest BCUT2D eigenvalue weighted by Gasteiger charge is -2.17. The zero-order valence-electron chi connectivity index (χ0n) is 8.58. The third kappa shape index (κ3) is 4.66. The van der Waals surface area contributed by atoms with Gasteiger partial charge < -0.3 is 15.3 Å². The first kappa shape index (κ1) is 12.5. The minimum absolute atomic E-state index is 0.164. The molecule has 0 spiro atoms. The summed E-state index contributed by atoms with van der Waals surface area (Å²) in [5.74, 6) is 0. The number of thioether (sulfide) groups is 1. The molecule has 0 aliphatic rings. The molecule has 0 saturated heterocycles. The van der Waals surface area contributed by atoms with Gasteiger partial charge in [-0.2, -0.15) is 0 Å². The average molecular weight is 228 g/mol. The predicted octanol–water partition coefficient (Wildman–Crippen LogP) is 1.23. The molecular weight excluding hydrogens is 212 g/mol. The van der Waals surface area contributed by atoms with E-state index in [0.717, 1.165) is 4.90 Å². The van der Waals surface area contributed by atoms with Gasteiger partial charge in [0.1, 0.15) is 5.44 Å². The van der Waals surface area contributed by atoms with Gasteiger partial charge in [-0.15, -0.1) is 0 Å². The lowest BCUT2D eigenvalue weighted by Crippen LogP contribution is -2.26. The number of rotatable bonds is 5. The minimum atomic E-state index is -0.879. The van der Waals surface area contributed by atoms with Crippen LogP contribution in [0.2, 0.25) is 0 Å². The summed E-state index contributed by atoms with van der Waals surface area (Å²) >= 11 is 1.27. The predicted molar refractivity (Wildman–Crippen MR) is 60.6 cm³/mol. The molecule has 1 aromatic carbocycles. The smallest absolute Gasteiger partial charge is 0.106 e. The lowest BCUT2D eigenvalue weighted by molar-refractivity contribution is 0.0116. The van der Waals surface area contributed by atoms with Crippen molar-refractivity contribution >= 4 is 11.8 Å². The summed E-state index contributed by atoms with van der Waals surface area (Å²) in [5, 5.41) is 28.0. The Labute approximate surface area is 93.8 Å². The molecule has 0 unspecified atom stereocenters. The standard InChI is InChI=1S/C11H16O3S/c1-8(12)10(13)7-11(14)15-9-5-3-2-4-6-9/h2-6,8,10-14H,7H2,1H3/t8-,10-,11-/m0/s1. The van der Waals surface area contributed by atoms with Crippen molar-refractivity contribution in [1.29, 1.82) is 0 Å². The molecule has 0 radical (unpaired) electrons. The van der Waals surface area contributed by atoms with Crippen LogP contribution >= 0.6 is 11.8 Å². The zero-order chi connectivity index (χ0) is 11.3. The average Bonchev–Trinajstić information content (AvgIpc) is 2.18. The summed E-state index contributed by atoms with van der Waals surface area (Å²) in [4.78, 5) is 0.947. The van der Waals surface area contributed by atoms with Gasteiger partial charge in [-0.25, -0.2) is 0 Å². The van der Waals surface area contributed by atoms with Crippen LogP contribution in [0.5, 0.6) is 0 Å². The van der Waals surface area contributed by atoms with E-state index in [4.69, 9.17) is 5.11 Å². The number of aliphatic hydroxyl groups is 3. The van der Waals surface area contributed by atoms with E-state index in [0.29, 0.717) is 0 Å². The monoisotopic (exact) mass is 228 g/mol. The quantitative estimate of drug-likeness (QED) is 0.524. The van der Waals surface area contributed by atoms with Gasteiger partial charge in [0, 0.05) is 11.3 Å². The Balaban J connectivity index is 2.39. The van der Waals surface area contributed by atoms with Crippen molar-refractivity contribution in [2.45, 2.75) is 35.9 Å². The molecule has 4 heteroatoms. The molecule has 3 nitrogen and oxygen atoms in total. The second-order valence-corrected chi connectivity index (χ2v) is 4.68. The Kier molecular flexibility index (Phi) is 5.11. The van der Waals surface area contributed by atoms with Crippen molar-refractivity contribution in [1.82, 2.24) is 0 Å². The van der Waals surface area contributed by atoms with Crippen LogP contribution in [0.25, 0.3) is 0 Å². The Bertz CT molecular complexity index is 276. The van der Waals surface area contributed by atoms with E-state index in [1.54, 1.807) is 0 Å². The number of hydrogen-bond acceptors (Lipinski definition) is 4. The van der Waals surface area contributed by atoms with E-state index >= 15 is 0 Å². The molecule has 84 valence electrons. The van der Waals surface area contributed by atoms with Crippen LogP contribution in [0.4, 0.5) is 0 Å². The fourth-order valence-corrected chi connectivity index (χ4v) is 2.03. The SMILES string of the molecule is C[C@H](O)[C@@H](O)C[C@@H](O)Sc1ccccc1. The molecule has 0 heterocycles. The highest BCUT2D eigenvalue weighted by Gasteiger charge is 2.16. The molecule has 3 N–H and O–H groups in total. The van der Waals surface area contributed by atoms with Crippen molar-refractivity contribution in [3.63, 3.8) is 0 Å². The van der Waals surface area contributed by atoms with Crippen LogP contribution in [-0.2, 0) is 0 Å². The molecule has 1 rings (SSSR count). The van der Waals surface area contributed by atoms with Crippen molar-refractivity contribution in [2.75, 3.05) is 0 Å². The summed E-state index contributed by atoms with van der Waals surface area (Å²) in [6, 6.07) is 9.46. The highest BCUT2D eigenvalue weighted by molar-refractivity contribution is 7.99. The second-order valence-electron chi connectivity index (χ2n) is 3.43. The van der Waals surface area contributed by atoms with E-state index in [-0.39, 0.29) is 6.42 Å². The minimum Gasteiger partial charge on any atom is -0.391 e. The van der Waals surface area contributed by atoms with E-state index in [1.807, 2.05) is 30.3 Å². The summed E-state index contributed by atoms with van der Waals surface area (Å²) < 4.78 is 0. The molecule has 0 aliphatic heterocycles. The van der Waals surface area contributed by atoms with Gasteiger partial charge in [-0.1, -0.05) is 30.0 Å². The second kappa shape index (κ2) is 6.12. The van der Waals surface area contributed by atoms with Crippen molar-refractivity contribution in [2.24, 2.45) is 0 Å². The van der Waals surface area contributed by atoms with Gasteiger partial charge in [-0.3, -0.25) is 0 Å². The van der Waals surface area contributed by atoms with Gasteiger partial charge in [0.25, 0.3) is 0 Å². The largest absolute Gasteiger partial charge is 0.391 e. The fourth-order valence-electron chi connectivity index (χ4n) is 1.11. The van der Waals surface area contributed by atoms with Gasteiger partial charge in [-0.05, 0) is 19.1 Å². The van der Waals surface area contributed by atoms with Crippen molar-refractivity contribution in [3.05, 3.63) is 30.3 Å². The summed E-state index contributed by atoms with van der Waals surface area (Å²) in [6.45, 7) is 1.50. The highest BCUT2D eigenvalue weighted by atomic mass is 32.2. The van der Waals surface area contributed by atoms with E-state index in [9.17, 15) is 10.2 Å². The zero-order valence-corrected chi connectivity index (χ0v) is 9.39. The lowest BCUT2D eigenvalue weighted by atomic mass is 10.2. The Morgan fingerprint density at radius 3 is 2.27 bits per heavy atom. The molecule has 0 fully saturated rings. The third-order valence-electron chi connectivity index (χ3n) is 2.02. The normalized spacial score (nSPS) is 17.1. The van der Waals surface area contributed by atoms with Crippen LogP contribution in [0.1, 0.15) is 13.3 Å². The van der Waals surface area contributed by atoms with Crippen LogP contribution < -0.4 is 0 Å². The Morgan fingerprint density at radius 2 is 1.73 bits per heavy atom. The molecule has 0 aromatic heterocycles. The Morgan fingerprint density at radius 1 is 1.13 bits per heavy atom. The Hall–Kier alpha value is -0.550. The number of hydrogen-bond donors (Lipinski definition) is 3. The van der Waals surface area contributed by atoms with Gasteiger partial charge in [0.15, 0.2) is 0 Å². The van der Waals surface area contributed by atoms with Crippen LogP contribution in [0.15, 0.2) is 35.2 Å². The molecule has 15 heavy (non-hydrogen) atoms. The van der Waals surface area contributed by atoms with E-state index in [1.165, 1.54) is 18.7 Å². The number of aliphatic hydroxyl groups excluding tert-OH is 3. The highest BCUT2D eigenvalue weighted by Crippen LogP contribution is 2.24. The molecule has 0 bridgehead atoms. The summed E-state index contributed by atoms with van der Waals surface area (Å²) in [7, 11) is 0. The topological polar surface area (TPSA) is 60.7 Å². The first-order chi connectivity index (χ1) is 7.09. The third-order valence-corrected chi connectivity index (χ3v) is 3.02. The van der Waals surface area contributed by atoms with Gasteiger partial charge in [0.05, 0.1) is 12.2 Å². The van der Waals surface area contributed by atoms with Gasteiger partial charge >= 0.3 is 0 Å². The maximum Gasteiger partial charge on any atom is 0.106 e. The molecule has 0 amide bonds. The van der Waals surface area contributed by atoms with Crippen LogP contribution in [0.3, 0.4) is 0 Å². The first-order valence-electron chi connectivity index (χ1n) is 4.85. The van der Waals surface area contributed by atoms with Crippen molar-refractivity contribution in [3.8, 4) is 0 Å². The van der Waals surface area contributed by atoms with E-state index in [2.05, 4.69) is 0 Å². The summed E-state index contributed by atoms with van der Waals surface area (Å²) in [6.07, 6.45) is -1.52. The van der Waals surface area contributed by atoms with Crippen molar-refractivity contribution < 1.29 is 15.3 Å². The van der Waals surface area contributed by atoms with E-state index < -0.39 is 17.6 Å². The molecule has 3 atom stereocenters. The maximum absolute atomic E-state index is 9.61. The van der Waals surface area contributed by atoms with Crippen LogP contribution in [-0.4, -0.2) is 33.0 Å². The molecular formula is C11H16O3S. The first-order valence-corrected chi connectivity index (χ1v) is 5.73. The molecule has 0 aliphatic carbocycles. The van der Waals surface area contributed by atoms with Gasteiger partial charge in [0.2, 0.25) is 0 Å². The molecule has 0 saturated carbocycles.